The maximum Gasteiger partial charge on any atom is 0.408 e. The van der Waals surface area contributed by atoms with E-state index in [1.54, 1.807) is 4.90 Å². The van der Waals surface area contributed by atoms with Crippen LogP contribution in [0.5, 0.6) is 0 Å². The van der Waals surface area contributed by atoms with E-state index < -0.39 is 18.8 Å². The molecule has 2 heterocycles. The van der Waals surface area contributed by atoms with Crippen molar-refractivity contribution in [3.05, 3.63) is 47.0 Å². The molecule has 0 radical (unpaired) electrons. The Kier molecular flexibility index (Phi) is 5.09. The fourth-order valence-electron chi connectivity index (χ4n) is 3.92. The number of benzene rings is 1. The van der Waals surface area contributed by atoms with Crippen LogP contribution < -0.4 is 0 Å². The molecule has 0 spiro atoms. The summed E-state index contributed by atoms with van der Waals surface area (Å²) in [4.78, 5) is 19.0. The van der Waals surface area contributed by atoms with Crippen molar-refractivity contribution in [3.8, 4) is 0 Å². The van der Waals surface area contributed by atoms with E-state index in [0.29, 0.717) is 18.7 Å². The highest BCUT2D eigenvalue weighted by atomic mass is 19.4. The smallest absolute Gasteiger partial charge is 0.377 e. The molecule has 4 rings (SSSR count). The predicted octanol–water partition coefficient (Wildman–Crippen LogP) is 2.93. The molecule has 0 N–H and O–H groups in total. The fourth-order valence-corrected chi connectivity index (χ4v) is 3.92. The van der Waals surface area contributed by atoms with Crippen molar-refractivity contribution in [3.63, 3.8) is 0 Å². The van der Waals surface area contributed by atoms with Gasteiger partial charge in [0.1, 0.15) is 18.9 Å². The average molecular weight is 394 g/mol. The average Bonchev–Trinajstić information content (AvgIpc) is 3.13. The molecule has 1 aliphatic heterocycles. The number of halogens is 3. The number of carbonyl (C=O) groups excluding carboxylic acids is 1. The summed E-state index contributed by atoms with van der Waals surface area (Å²) in [7, 11) is 0. The zero-order chi connectivity index (χ0) is 19.7. The van der Waals surface area contributed by atoms with Crippen molar-refractivity contribution in [1.82, 2.24) is 19.7 Å². The van der Waals surface area contributed by atoms with E-state index in [0.717, 1.165) is 42.3 Å². The lowest BCUT2D eigenvalue weighted by atomic mass is 9.87. The molecule has 1 aromatic carbocycles. The largest absolute Gasteiger partial charge is 0.408 e. The summed E-state index contributed by atoms with van der Waals surface area (Å²) in [6.07, 6.45) is 0.660. The van der Waals surface area contributed by atoms with Gasteiger partial charge >= 0.3 is 6.18 Å². The van der Waals surface area contributed by atoms with Crippen LogP contribution in [0.2, 0.25) is 0 Å². The highest BCUT2D eigenvalue weighted by Gasteiger charge is 2.34. The number of fused-ring (bicyclic) bond motifs is 1. The lowest BCUT2D eigenvalue weighted by molar-refractivity contribution is -0.142. The summed E-state index contributed by atoms with van der Waals surface area (Å²) < 4.78 is 44.0. The number of amides is 1. The molecule has 6 nitrogen and oxygen atoms in total. The molecule has 1 atom stereocenters. The Bertz CT molecular complexity index is 865. The third kappa shape index (κ3) is 3.89. The Morgan fingerprint density at radius 3 is 2.89 bits per heavy atom. The zero-order valence-corrected chi connectivity index (χ0v) is 15.3. The van der Waals surface area contributed by atoms with Gasteiger partial charge in [-0.25, -0.2) is 9.67 Å². The van der Waals surface area contributed by atoms with E-state index >= 15 is 0 Å². The molecule has 1 saturated heterocycles. The molecule has 150 valence electrons. The summed E-state index contributed by atoms with van der Waals surface area (Å²) in [6, 6.07) is 5.18. The van der Waals surface area contributed by atoms with Crippen LogP contribution in [0, 0.1) is 0 Å². The molecule has 28 heavy (non-hydrogen) atoms. The third-order valence-electron chi connectivity index (χ3n) is 5.21. The number of morpholine rings is 1. The number of alkyl halides is 3. The highest BCUT2D eigenvalue weighted by Crippen LogP contribution is 2.29. The van der Waals surface area contributed by atoms with Gasteiger partial charge in [-0.2, -0.15) is 18.3 Å². The molecule has 0 bridgehead atoms. The van der Waals surface area contributed by atoms with Crippen LogP contribution in [-0.4, -0.2) is 51.5 Å². The van der Waals surface area contributed by atoms with Gasteiger partial charge in [-0.15, -0.1) is 0 Å². The van der Waals surface area contributed by atoms with Crippen molar-refractivity contribution < 1.29 is 22.7 Å². The SMILES string of the molecule is O=C(c1cccc2c1CCCC2)N1CCOC[C@H]1c1ncn(CC(F)(F)F)n1. The standard InChI is InChI=1S/C19H21F3N4O2/c20-19(21,22)11-25-12-23-17(24-25)16-10-28-9-8-26(16)18(27)15-7-3-5-13-4-1-2-6-14(13)15/h3,5,7,12,16H,1-2,4,6,8-11H2/t16-/m0/s1. The van der Waals surface area contributed by atoms with Gasteiger partial charge in [0.2, 0.25) is 0 Å². The van der Waals surface area contributed by atoms with Crippen LogP contribution in [0.15, 0.2) is 24.5 Å². The lowest BCUT2D eigenvalue weighted by Crippen LogP contribution is -2.44. The topological polar surface area (TPSA) is 60.3 Å². The van der Waals surface area contributed by atoms with E-state index in [4.69, 9.17) is 4.74 Å². The monoisotopic (exact) mass is 394 g/mol. The van der Waals surface area contributed by atoms with Crippen molar-refractivity contribution >= 4 is 5.91 Å². The number of hydrogen-bond donors (Lipinski definition) is 0. The third-order valence-corrected chi connectivity index (χ3v) is 5.21. The van der Waals surface area contributed by atoms with Crippen molar-refractivity contribution in [2.75, 3.05) is 19.8 Å². The maximum atomic E-state index is 13.3. The van der Waals surface area contributed by atoms with E-state index in [2.05, 4.69) is 16.1 Å². The van der Waals surface area contributed by atoms with Gasteiger partial charge in [0.25, 0.3) is 5.91 Å². The molecule has 1 amide bonds. The fraction of sp³-hybridized carbons (Fsp3) is 0.526. The minimum Gasteiger partial charge on any atom is -0.377 e. The summed E-state index contributed by atoms with van der Waals surface area (Å²) in [5.41, 5.74) is 2.95. The quantitative estimate of drug-likeness (QED) is 0.803. The Balaban J connectivity index is 1.60. The van der Waals surface area contributed by atoms with Crippen LogP contribution >= 0.6 is 0 Å². The second kappa shape index (κ2) is 7.54. The summed E-state index contributed by atoms with van der Waals surface area (Å²) in [6.45, 7) is -0.327. The van der Waals surface area contributed by atoms with Gasteiger partial charge < -0.3 is 9.64 Å². The molecule has 2 aliphatic rings. The van der Waals surface area contributed by atoms with Gasteiger partial charge in [0, 0.05) is 12.1 Å². The Morgan fingerprint density at radius 1 is 1.25 bits per heavy atom. The number of aromatic nitrogens is 3. The van der Waals surface area contributed by atoms with Gasteiger partial charge in [-0.1, -0.05) is 12.1 Å². The van der Waals surface area contributed by atoms with Crippen molar-refractivity contribution in [2.45, 2.75) is 44.4 Å². The molecular formula is C19H21F3N4O2. The Morgan fingerprint density at radius 2 is 2.07 bits per heavy atom. The number of rotatable bonds is 3. The molecule has 9 heteroatoms. The van der Waals surface area contributed by atoms with Crippen LogP contribution in [0.25, 0.3) is 0 Å². The zero-order valence-electron chi connectivity index (χ0n) is 15.3. The van der Waals surface area contributed by atoms with Crippen LogP contribution in [0.4, 0.5) is 13.2 Å². The second-order valence-electron chi connectivity index (χ2n) is 7.16. The van der Waals surface area contributed by atoms with Gasteiger partial charge in [-0.05, 0) is 42.9 Å². The first kappa shape index (κ1) is 18.9. The van der Waals surface area contributed by atoms with Gasteiger partial charge in [-0.3, -0.25) is 4.79 Å². The van der Waals surface area contributed by atoms with E-state index in [-0.39, 0.29) is 18.3 Å². The number of nitrogens with zero attached hydrogens (tertiary/aromatic N) is 4. The number of ether oxygens (including phenoxy) is 1. The van der Waals surface area contributed by atoms with Gasteiger partial charge in [0.15, 0.2) is 5.82 Å². The summed E-state index contributed by atoms with van der Waals surface area (Å²) in [5, 5.41) is 3.94. The molecule has 2 aromatic rings. The van der Waals surface area contributed by atoms with E-state index in [9.17, 15) is 18.0 Å². The first-order chi connectivity index (χ1) is 13.4. The molecule has 0 saturated carbocycles. The highest BCUT2D eigenvalue weighted by molar-refractivity contribution is 5.96. The van der Waals surface area contributed by atoms with Crippen molar-refractivity contribution in [2.24, 2.45) is 0 Å². The molecule has 1 aliphatic carbocycles. The first-order valence-corrected chi connectivity index (χ1v) is 9.38. The first-order valence-electron chi connectivity index (χ1n) is 9.38. The van der Waals surface area contributed by atoms with Gasteiger partial charge in [0.05, 0.1) is 13.2 Å². The lowest BCUT2D eigenvalue weighted by Gasteiger charge is -2.35. The van der Waals surface area contributed by atoms with Crippen molar-refractivity contribution in [1.29, 1.82) is 0 Å². The molecular weight excluding hydrogens is 373 g/mol. The summed E-state index contributed by atoms with van der Waals surface area (Å²) >= 11 is 0. The van der Waals surface area contributed by atoms with Crippen LogP contribution in [-0.2, 0) is 24.1 Å². The minimum atomic E-state index is -4.38. The Hall–Kier alpha value is -2.42. The molecule has 1 aromatic heterocycles. The minimum absolute atomic E-state index is 0.140. The predicted molar refractivity (Wildman–Crippen MR) is 93.8 cm³/mol. The Labute approximate surface area is 160 Å². The molecule has 1 fully saturated rings. The van der Waals surface area contributed by atoms with Crippen LogP contribution in [0.1, 0.15) is 46.2 Å². The van der Waals surface area contributed by atoms with E-state index in [1.165, 1.54) is 5.56 Å². The normalized spacial score (nSPS) is 20.1. The number of hydrogen-bond acceptors (Lipinski definition) is 4. The summed E-state index contributed by atoms with van der Waals surface area (Å²) in [5.74, 6) is 0.0290. The van der Waals surface area contributed by atoms with E-state index in [1.807, 2.05) is 12.1 Å². The second-order valence-corrected chi connectivity index (χ2v) is 7.16. The van der Waals surface area contributed by atoms with Crippen LogP contribution in [0.3, 0.4) is 0 Å². The maximum absolute atomic E-state index is 13.3. The number of carbonyl (C=O) groups is 1. The number of aryl methyl sites for hydroxylation is 1. The molecule has 0 unspecified atom stereocenters.